The smallest absolute Gasteiger partial charge is 0.207 e. The summed E-state index contributed by atoms with van der Waals surface area (Å²) in [6, 6.07) is 6.94. The van der Waals surface area contributed by atoms with Crippen LogP contribution in [0.5, 0.6) is 0 Å². The third kappa shape index (κ3) is 5.69. The first kappa shape index (κ1) is 17.3. The van der Waals surface area contributed by atoms with Gasteiger partial charge in [-0.25, -0.2) is 13.1 Å². The summed E-state index contributed by atoms with van der Waals surface area (Å²) in [6.45, 7) is 9.34. The fraction of sp³-hybridized carbons (Fsp3) is 0.467. The molecule has 0 aliphatic carbocycles. The van der Waals surface area contributed by atoms with Crippen LogP contribution in [0.4, 0.5) is 0 Å². The van der Waals surface area contributed by atoms with E-state index in [2.05, 4.69) is 17.4 Å². The molecular formula is C15H23NO2S2. The number of benzene rings is 1. The van der Waals surface area contributed by atoms with Crippen molar-refractivity contribution in [1.82, 2.24) is 4.72 Å². The number of thiol groups is 1. The van der Waals surface area contributed by atoms with E-state index in [1.54, 1.807) is 24.3 Å². The summed E-state index contributed by atoms with van der Waals surface area (Å²) >= 11 is 4.41. The second-order valence-corrected chi connectivity index (χ2v) is 9.18. The lowest BCUT2D eigenvalue weighted by Crippen LogP contribution is -2.40. The minimum Gasteiger partial charge on any atom is -0.207 e. The third-order valence-corrected chi connectivity index (χ3v) is 4.30. The maximum Gasteiger partial charge on any atom is 0.241 e. The summed E-state index contributed by atoms with van der Waals surface area (Å²) in [4.78, 5) is 0.281. The van der Waals surface area contributed by atoms with Gasteiger partial charge in [0.1, 0.15) is 0 Å². The van der Waals surface area contributed by atoms with E-state index in [1.165, 1.54) is 0 Å². The van der Waals surface area contributed by atoms with Crippen LogP contribution in [-0.2, 0) is 10.0 Å². The van der Waals surface area contributed by atoms with E-state index in [0.717, 1.165) is 0 Å². The van der Waals surface area contributed by atoms with Gasteiger partial charge in [-0.3, -0.25) is 0 Å². The Morgan fingerprint density at radius 3 is 2.15 bits per heavy atom. The van der Waals surface area contributed by atoms with E-state index in [0.29, 0.717) is 5.56 Å². The van der Waals surface area contributed by atoms with Gasteiger partial charge in [0.15, 0.2) is 0 Å². The molecule has 0 fully saturated rings. The largest absolute Gasteiger partial charge is 0.241 e. The predicted molar refractivity (Wildman–Crippen MR) is 88.6 cm³/mol. The first-order chi connectivity index (χ1) is 8.91. The van der Waals surface area contributed by atoms with Gasteiger partial charge in [-0.2, -0.15) is 12.6 Å². The number of rotatable bonds is 4. The summed E-state index contributed by atoms with van der Waals surface area (Å²) in [5.41, 5.74) is 0.143. The highest BCUT2D eigenvalue weighted by Crippen LogP contribution is 2.21. The van der Waals surface area contributed by atoms with Crippen molar-refractivity contribution in [2.75, 3.05) is 0 Å². The van der Waals surface area contributed by atoms with Gasteiger partial charge < -0.3 is 0 Å². The highest BCUT2D eigenvalue weighted by molar-refractivity contribution is 7.89. The molecule has 112 valence electrons. The van der Waals surface area contributed by atoms with Gasteiger partial charge in [-0.1, -0.05) is 30.4 Å². The summed E-state index contributed by atoms with van der Waals surface area (Å²) in [5, 5.41) is 0. The van der Waals surface area contributed by atoms with E-state index in [-0.39, 0.29) is 9.64 Å². The standard InChI is InChI=1S/C15H23NO2S2/c1-14(2,3)16-20(17,18)13-9-7-6-8-12(13)10-11-15(4,5)19/h6-11,16,19H,1-5H3/b11-10+. The van der Waals surface area contributed by atoms with Crippen molar-refractivity contribution >= 4 is 28.7 Å². The highest BCUT2D eigenvalue weighted by Gasteiger charge is 2.23. The number of hydrogen-bond acceptors (Lipinski definition) is 3. The van der Waals surface area contributed by atoms with Crippen LogP contribution in [0.3, 0.4) is 0 Å². The Morgan fingerprint density at radius 2 is 1.65 bits per heavy atom. The maximum atomic E-state index is 12.4. The maximum absolute atomic E-state index is 12.4. The number of hydrogen-bond donors (Lipinski definition) is 2. The van der Waals surface area contributed by atoms with Gasteiger partial charge >= 0.3 is 0 Å². The monoisotopic (exact) mass is 313 g/mol. The molecule has 5 heteroatoms. The summed E-state index contributed by atoms with van der Waals surface area (Å²) < 4.78 is 27.2. The molecule has 0 radical (unpaired) electrons. The quantitative estimate of drug-likeness (QED) is 0.836. The molecule has 1 aromatic carbocycles. The molecular weight excluding hydrogens is 290 g/mol. The Bertz CT molecular complexity index is 591. The van der Waals surface area contributed by atoms with E-state index >= 15 is 0 Å². The van der Waals surface area contributed by atoms with Crippen molar-refractivity contribution in [1.29, 1.82) is 0 Å². The lowest BCUT2D eigenvalue weighted by Gasteiger charge is -2.21. The van der Waals surface area contributed by atoms with E-state index in [4.69, 9.17) is 0 Å². The fourth-order valence-corrected chi connectivity index (χ4v) is 3.31. The number of sulfonamides is 1. The van der Waals surface area contributed by atoms with Crippen LogP contribution in [0.15, 0.2) is 35.2 Å². The normalized spacial score (nSPS) is 13.9. The lowest BCUT2D eigenvalue weighted by molar-refractivity contribution is 0.491. The van der Waals surface area contributed by atoms with Crippen molar-refractivity contribution in [2.45, 2.75) is 49.8 Å². The van der Waals surface area contributed by atoms with Crippen LogP contribution in [0.25, 0.3) is 6.08 Å². The Balaban J connectivity index is 3.24. The Labute approximate surface area is 127 Å². The molecule has 0 aliphatic heterocycles. The molecule has 0 aromatic heterocycles. The molecule has 1 aromatic rings. The fourth-order valence-electron chi connectivity index (χ4n) is 1.61. The van der Waals surface area contributed by atoms with Crippen molar-refractivity contribution in [2.24, 2.45) is 0 Å². The average molecular weight is 313 g/mol. The molecule has 0 saturated heterocycles. The minimum atomic E-state index is -3.54. The van der Waals surface area contributed by atoms with Gasteiger partial charge in [0.05, 0.1) is 4.90 Å². The van der Waals surface area contributed by atoms with E-state index < -0.39 is 15.6 Å². The predicted octanol–water partition coefficient (Wildman–Crippen LogP) is 3.49. The van der Waals surface area contributed by atoms with E-state index in [9.17, 15) is 8.42 Å². The van der Waals surface area contributed by atoms with Crippen molar-refractivity contribution in [3.63, 3.8) is 0 Å². The topological polar surface area (TPSA) is 46.2 Å². The molecule has 0 atom stereocenters. The zero-order valence-corrected chi connectivity index (χ0v) is 14.3. The molecule has 0 amide bonds. The van der Waals surface area contributed by atoms with Gasteiger partial charge in [0.2, 0.25) is 10.0 Å². The van der Waals surface area contributed by atoms with Crippen LogP contribution >= 0.6 is 12.6 Å². The van der Waals surface area contributed by atoms with Crippen molar-refractivity contribution in [3.8, 4) is 0 Å². The summed E-state index contributed by atoms with van der Waals surface area (Å²) in [5.74, 6) is 0. The van der Waals surface area contributed by atoms with Crippen LogP contribution < -0.4 is 4.72 Å². The number of nitrogens with one attached hydrogen (secondary N) is 1. The van der Waals surface area contributed by atoms with Crippen LogP contribution in [0.1, 0.15) is 40.2 Å². The average Bonchev–Trinajstić information content (AvgIpc) is 2.22. The van der Waals surface area contributed by atoms with Crippen LogP contribution in [0, 0.1) is 0 Å². The van der Waals surface area contributed by atoms with Crippen LogP contribution in [-0.4, -0.2) is 18.7 Å². The minimum absolute atomic E-state index is 0.281. The zero-order valence-electron chi connectivity index (χ0n) is 12.6. The molecule has 3 nitrogen and oxygen atoms in total. The first-order valence-corrected chi connectivity index (χ1v) is 8.38. The molecule has 20 heavy (non-hydrogen) atoms. The third-order valence-electron chi connectivity index (χ3n) is 2.32. The first-order valence-electron chi connectivity index (χ1n) is 6.45. The van der Waals surface area contributed by atoms with Crippen LogP contribution in [0.2, 0.25) is 0 Å². The molecule has 0 unspecified atom stereocenters. The summed E-state index contributed by atoms with van der Waals surface area (Å²) in [6.07, 6.45) is 3.67. The van der Waals surface area contributed by atoms with Crippen molar-refractivity contribution < 1.29 is 8.42 Å². The van der Waals surface area contributed by atoms with E-state index in [1.807, 2.05) is 46.8 Å². The Kier molecular flexibility index (Phi) is 5.11. The molecule has 1 rings (SSSR count). The van der Waals surface area contributed by atoms with Crippen molar-refractivity contribution in [3.05, 3.63) is 35.9 Å². The lowest BCUT2D eigenvalue weighted by atomic mass is 10.1. The molecule has 0 heterocycles. The molecule has 0 aliphatic rings. The van der Waals surface area contributed by atoms with Gasteiger partial charge in [0.25, 0.3) is 0 Å². The Hall–Kier alpha value is -0.780. The van der Waals surface area contributed by atoms with Gasteiger partial charge in [-0.15, -0.1) is 0 Å². The molecule has 1 N–H and O–H groups in total. The van der Waals surface area contributed by atoms with Gasteiger partial charge in [0, 0.05) is 10.3 Å². The molecule has 0 saturated carbocycles. The Morgan fingerprint density at radius 1 is 1.10 bits per heavy atom. The molecule has 0 bridgehead atoms. The van der Waals surface area contributed by atoms with Gasteiger partial charge in [-0.05, 0) is 46.2 Å². The molecule has 0 spiro atoms. The highest BCUT2D eigenvalue weighted by atomic mass is 32.2. The SMILES string of the molecule is CC(C)(S)/C=C/c1ccccc1S(=O)(=O)NC(C)(C)C. The zero-order chi connectivity index (χ0) is 15.6. The second-order valence-electron chi connectivity index (χ2n) is 6.38. The summed E-state index contributed by atoms with van der Waals surface area (Å²) in [7, 11) is -3.54. The second kappa shape index (κ2) is 5.92.